The molecule has 9 rings (SSSR count). The highest BCUT2D eigenvalue weighted by molar-refractivity contribution is 7.81. The Morgan fingerprint density at radius 2 is 1.68 bits per heavy atom. The third kappa shape index (κ3) is 9.85. The average Bonchev–Trinajstić information content (AvgIpc) is 3.91. The first kappa shape index (κ1) is 54.0. The van der Waals surface area contributed by atoms with Crippen LogP contribution in [-0.4, -0.2) is 117 Å². The first-order chi connectivity index (χ1) is 36.5. The van der Waals surface area contributed by atoms with E-state index in [4.69, 9.17) is 26.7 Å². The molecule has 23 heteroatoms. The van der Waals surface area contributed by atoms with E-state index in [1.165, 1.54) is 43.0 Å². The van der Waals surface area contributed by atoms with Crippen molar-refractivity contribution in [3.63, 3.8) is 0 Å². The second-order valence-electron chi connectivity index (χ2n) is 20.1. The molecule has 77 heavy (non-hydrogen) atoms. The zero-order valence-corrected chi connectivity index (χ0v) is 43.5. The van der Waals surface area contributed by atoms with Gasteiger partial charge < -0.3 is 44.1 Å². The van der Waals surface area contributed by atoms with E-state index in [2.05, 4.69) is 5.32 Å². The van der Waals surface area contributed by atoms with Crippen LogP contribution in [0.2, 0.25) is 0 Å². The van der Waals surface area contributed by atoms with Gasteiger partial charge in [0, 0.05) is 73.5 Å². The molecule has 402 valence electrons. The smallest absolute Gasteiger partial charge is 0.417 e. The van der Waals surface area contributed by atoms with Crippen LogP contribution in [0, 0.1) is 17.1 Å². The molecule has 4 aliphatic rings. The molecular weight excluding hydrogens is 1030 g/mol. The van der Waals surface area contributed by atoms with Gasteiger partial charge >= 0.3 is 18.2 Å². The zero-order chi connectivity index (χ0) is 55.5. The molecule has 0 saturated carbocycles. The van der Waals surface area contributed by atoms with E-state index in [0.29, 0.717) is 73.2 Å². The first-order valence-corrected chi connectivity index (χ1v) is 25.3. The van der Waals surface area contributed by atoms with Crippen molar-refractivity contribution in [2.24, 2.45) is 0 Å². The Bertz CT molecular complexity index is 3420. The number of carbonyl (C=O) groups is 5. The molecule has 0 bridgehead atoms. The Morgan fingerprint density at radius 1 is 0.961 bits per heavy atom. The van der Waals surface area contributed by atoms with Crippen molar-refractivity contribution in [1.29, 1.82) is 5.26 Å². The monoisotopic (exact) mass is 1080 g/mol. The lowest BCUT2D eigenvalue weighted by Crippen LogP contribution is -2.51. The highest BCUT2D eigenvalue weighted by atomic mass is 32.1. The number of amides is 4. The predicted molar refractivity (Wildman–Crippen MR) is 276 cm³/mol. The van der Waals surface area contributed by atoms with Crippen LogP contribution in [0.3, 0.4) is 0 Å². The number of nitrogens with zero attached hydrogens (tertiary/aromatic N) is 8. The van der Waals surface area contributed by atoms with Gasteiger partial charge in [0.2, 0.25) is 5.91 Å². The maximum atomic E-state index is 15.6. The number of hydrogen-bond acceptors (Lipinski definition) is 13. The Hall–Kier alpha value is -7.81. The summed E-state index contributed by atoms with van der Waals surface area (Å²) in [5.74, 6) is -2.89. The second kappa shape index (κ2) is 20.6. The number of halogens is 4. The number of ether oxygens (including phenoxy) is 2. The number of thiocarbonyl (C=S) groups is 1. The standard InChI is InChI=1S/C54H53F4N9O9S/c1-6-53(74)39-25-42-45-31(27-65(42)47(70)37(39)29-75-49(53)72)22-35-36(28-62(4)5)43(16-15-41(35)61-45)76-51(73)64-20-18-63(19-21-64)44(68)10-8-7-9-17-60-46(69)34-14-13-33(24-40(34)55)67-50(77)66(48(71)52(67,2)3)32-12-11-30(26-59)38(23-32)54(56,57)58/h11-16,22-25,74H,6-10,17-21,27-29H2,1-5H3,(H,60,69)/t53-/m0/s1. The number of nitrogens with one attached hydrogen (secondary N) is 1. The quantitative estimate of drug-likeness (QED) is 0.0533. The summed E-state index contributed by atoms with van der Waals surface area (Å²) >= 11 is 5.54. The van der Waals surface area contributed by atoms with E-state index in [1.807, 2.05) is 25.1 Å². The number of hydrogen-bond donors (Lipinski definition) is 2. The summed E-state index contributed by atoms with van der Waals surface area (Å²) < 4.78 is 69.6. The molecule has 0 radical (unpaired) electrons. The predicted octanol–water partition coefficient (Wildman–Crippen LogP) is 6.72. The number of pyridine rings is 2. The Balaban J connectivity index is 0.750. The Kier molecular flexibility index (Phi) is 14.5. The van der Waals surface area contributed by atoms with E-state index in [1.54, 1.807) is 39.5 Å². The van der Waals surface area contributed by atoms with Crippen LogP contribution >= 0.6 is 12.2 Å². The normalized spacial score (nSPS) is 17.8. The number of fused-ring (bicyclic) bond motifs is 5. The van der Waals surface area contributed by atoms with Gasteiger partial charge in [-0.1, -0.05) is 13.3 Å². The van der Waals surface area contributed by atoms with Gasteiger partial charge in [-0.05, 0) is 120 Å². The highest BCUT2D eigenvalue weighted by Gasteiger charge is 2.51. The Labute approximate surface area is 444 Å². The van der Waals surface area contributed by atoms with Gasteiger partial charge in [-0.3, -0.25) is 24.1 Å². The lowest BCUT2D eigenvalue weighted by Gasteiger charge is -2.34. The van der Waals surface area contributed by atoms with Crippen molar-refractivity contribution in [3.8, 4) is 23.2 Å². The minimum atomic E-state index is -4.89. The number of alkyl halides is 3. The van der Waals surface area contributed by atoms with E-state index >= 15 is 4.39 Å². The molecule has 1 atom stereocenters. The summed E-state index contributed by atoms with van der Waals surface area (Å²) in [6.45, 7) is 6.18. The van der Waals surface area contributed by atoms with Gasteiger partial charge in [0.1, 0.15) is 23.7 Å². The number of aliphatic hydroxyl groups is 1. The molecule has 18 nitrogen and oxygen atoms in total. The fourth-order valence-electron chi connectivity index (χ4n) is 10.3. The van der Waals surface area contributed by atoms with Crippen LogP contribution in [0.15, 0.2) is 65.5 Å². The molecule has 2 N–H and O–H groups in total. The average molecular weight is 1080 g/mol. The first-order valence-electron chi connectivity index (χ1n) is 24.9. The number of piperazine rings is 1. The van der Waals surface area contributed by atoms with E-state index in [9.17, 15) is 52.3 Å². The maximum absolute atomic E-state index is 15.6. The minimum absolute atomic E-state index is 0.0224. The lowest BCUT2D eigenvalue weighted by molar-refractivity contribution is -0.172. The molecular formula is C54H53F4N9O9S. The van der Waals surface area contributed by atoms with Crippen LogP contribution in [0.1, 0.15) is 96.6 Å². The second-order valence-corrected chi connectivity index (χ2v) is 20.4. The zero-order valence-electron chi connectivity index (χ0n) is 42.7. The largest absolute Gasteiger partial charge is 0.458 e. The number of benzene rings is 3. The summed E-state index contributed by atoms with van der Waals surface area (Å²) in [6.07, 6.45) is -3.64. The van der Waals surface area contributed by atoms with Crippen LogP contribution < -0.4 is 25.4 Å². The van der Waals surface area contributed by atoms with Crippen molar-refractivity contribution in [1.82, 2.24) is 29.6 Å². The number of unbranched alkanes of at least 4 members (excludes halogenated alkanes) is 2. The molecule has 4 amide bonds. The summed E-state index contributed by atoms with van der Waals surface area (Å²) in [6, 6.07) is 14.9. The van der Waals surface area contributed by atoms with Crippen LogP contribution in [0.5, 0.6) is 5.75 Å². The molecule has 0 unspecified atom stereocenters. The third-order valence-electron chi connectivity index (χ3n) is 14.5. The van der Waals surface area contributed by atoms with Crippen molar-refractivity contribution in [2.75, 3.05) is 56.6 Å². The summed E-state index contributed by atoms with van der Waals surface area (Å²) in [7, 11) is 3.76. The van der Waals surface area contributed by atoms with Crippen LogP contribution in [0.4, 0.5) is 33.7 Å². The molecule has 2 aromatic heterocycles. The number of esters is 1. The van der Waals surface area contributed by atoms with Gasteiger partial charge in [-0.15, -0.1) is 0 Å². The van der Waals surface area contributed by atoms with E-state index in [-0.39, 0.29) is 90.3 Å². The molecule has 4 aliphatic heterocycles. The van der Waals surface area contributed by atoms with E-state index in [0.717, 1.165) is 28.0 Å². The third-order valence-corrected chi connectivity index (χ3v) is 14.9. The van der Waals surface area contributed by atoms with Crippen LogP contribution in [-0.2, 0) is 50.6 Å². The maximum Gasteiger partial charge on any atom is 0.417 e. The van der Waals surface area contributed by atoms with Gasteiger partial charge in [0.05, 0.1) is 57.5 Å². The lowest BCUT2D eigenvalue weighted by atomic mass is 9.86. The molecule has 5 aromatic rings. The number of carbonyl (C=O) groups excluding carboxylic acids is 5. The minimum Gasteiger partial charge on any atom is -0.458 e. The molecule has 0 aliphatic carbocycles. The molecule has 2 saturated heterocycles. The summed E-state index contributed by atoms with van der Waals surface area (Å²) in [5.41, 5.74) is -2.60. The molecule has 0 spiro atoms. The summed E-state index contributed by atoms with van der Waals surface area (Å²) in [5, 5.41) is 23.6. The van der Waals surface area contributed by atoms with Crippen molar-refractivity contribution >= 4 is 69.4 Å². The van der Waals surface area contributed by atoms with Gasteiger partial charge in [0.25, 0.3) is 17.4 Å². The van der Waals surface area contributed by atoms with Gasteiger partial charge in [-0.2, -0.15) is 18.4 Å². The van der Waals surface area contributed by atoms with Crippen LogP contribution in [0.25, 0.3) is 22.3 Å². The Morgan fingerprint density at radius 3 is 2.35 bits per heavy atom. The number of cyclic esters (lactones) is 1. The fraction of sp³-hybridized carbons (Fsp3) is 0.389. The fourth-order valence-corrected chi connectivity index (χ4v) is 10.8. The number of anilines is 2. The number of nitriles is 1. The number of rotatable bonds is 13. The molecule has 2 fully saturated rings. The topological polar surface area (TPSA) is 211 Å². The van der Waals surface area contributed by atoms with Crippen molar-refractivity contribution in [2.45, 2.75) is 89.9 Å². The molecule has 3 aromatic carbocycles. The highest BCUT2D eigenvalue weighted by Crippen LogP contribution is 2.42. The van der Waals surface area contributed by atoms with Crippen molar-refractivity contribution in [3.05, 3.63) is 116 Å². The summed E-state index contributed by atoms with van der Waals surface area (Å²) in [4.78, 5) is 92.1. The van der Waals surface area contributed by atoms with Crippen molar-refractivity contribution < 1.29 is 56.1 Å². The van der Waals surface area contributed by atoms with Gasteiger partial charge in [0.15, 0.2) is 10.7 Å². The SMILES string of the molecule is CC[C@@]1(O)C(=O)OCc2c1cc1n(c2=O)Cc2cc3c(CN(C)C)c(OC(=O)N4CCN(C(=O)CCCCCNC(=O)c5ccc(N6C(=S)N(c7ccc(C#N)c(C(F)(F)F)c7)C(=O)C6(C)C)cc5F)CC4)ccc3nc2-1. The van der Waals surface area contributed by atoms with E-state index < -0.39 is 58.1 Å². The molecule has 6 heterocycles. The van der Waals surface area contributed by atoms with Gasteiger partial charge in [-0.25, -0.2) is 19.0 Å². The number of aromatic nitrogens is 2.